The lowest BCUT2D eigenvalue weighted by Crippen LogP contribution is -2.12. The van der Waals surface area contributed by atoms with Gasteiger partial charge in [0.1, 0.15) is 5.84 Å². The highest BCUT2D eigenvalue weighted by atomic mass is 35.5. The normalized spacial score (nSPS) is 10.7. The zero-order valence-electron chi connectivity index (χ0n) is 14.0. The molecule has 2 aromatic carbocycles. The molecule has 3 rings (SSSR count). The van der Waals surface area contributed by atoms with Crippen LogP contribution in [0.3, 0.4) is 0 Å². The van der Waals surface area contributed by atoms with E-state index < -0.39 is 0 Å². The van der Waals surface area contributed by atoms with Gasteiger partial charge in [0, 0.05) is 27.5 Å². The Bertz CT molecular complexity index is 1000. The monoisotopic (exact) mass is 415 g/mol. The third-order valence-corrected chi connectivity index (χ3v) is 4.97. The minimum absolute atomic E-state index is 0.267. The summed E-state index contributed by atoms with van der Waals surface area (Å²) in [4.78, 5) is 13.0. The molecule has 0 radical (unpaired) electrons. The van der Waals surface area contributed by atoms with Crippen molar-refractivity contribution >= 4 is 63.7 Å². The lowest BCUT2D eigenvalue weighted by molar-refractivity contribution is -0.111. The molecule has 0 fully saturated rings. The maximum Gasteiger partial charge on any atom is 0.248 e. The number of thiophene rings is 1. The van der Waals surface area contributed by atoms with Crippen molar-refractivity contribution in [1.29, 1.82) is 5.41 Å². The van der Waals surface area contributed by atoms with Crippen molar-refractivity contribution in [3.63, 3.8) is 0 Å². The molecule has 0 unspecified atom stereocenters. The summed E-state index contributed by atoms with van der Waals surface area (Å²) in [6, 6.07) is 16.0. The van der Waals surface area contributed by atoms with Crippen molar-refractivity contribution in [3.05, 3.63) is 86.5 Å². The molecule has 1 amide bonds. The second-order valence-electron chi connectivity index (χ2n) is 5.55. The number of anilines is 2. The molecule has 3 aromatic rings. The van der Waals surface area contributed by atoms with Crippen LogP contribution in [0.5, 0.6) is 0 Å². The van der Waals surface area contributed by atoms with E-state index in [9.17, 15) is 4.79 Å². The van der Waals surface area contributed by atoms with Gasteiger partial charge in [-0.1, -0.05) is 47.5 Å². The number of halogens is 2. The van der Waals surface area contributed by atoms with Crippen molar-refractivity contribution < 1.29 is 4.79 Å². The number of carbonyl (C=O) groups is 1. The summed E-state index contributed by atoms with van der Waals surface area (Å²) in [5.74, 6) is -0.0420. The van der Waals surface area contributed by atoms with Crippen molar-refractivity contribution in [2.75, 3.05) is 10.6 Å². The van der Waals surface area contributed by atoms with Gasteiger partial charge >= 0.3 is 0 Å². The number of nitrogens with one attached hydrogen (secondary N) is 3. The summed E-state index contributed by atoms with van der Waals surface area (Å²) in [7, 11) is 0. The summed E-state index contributed by atoms with van der Waals surface area (Å²) in [5, 5.41) is 16.8. The molecule has 0 saturated heterocycles. The Hall–Kier alpha value is -2.60. The summed E-state index contributed by atoms with van der Waals surface area (Å²) in [6.07, 6.45) is 3.05. The van der Waals surface area contributed by atoms with E-state index in [1.807, 2.05) is 35.7 Å². The Morgan fingerprint density at radius 2 is 1.74 bits per heavy atom. The number of carbonyl (C=O) groups excluding carboxylic acids is 1. The molecule has 1 aromatic heterocycles. The van der Waals surface area contributed by atoms with Crippen molar-refractivity contribution in [1.82, 2.24) is 0 Å². The van der Waals surface area contributed by atoms with Gasteiger partial charge in [0.15, 0.2) is 0 Å². The third-order valence-electron chi connectivity index (χ3n) is 3.52. The first kappa shape index (κ1) is 19.2. The van der Waals surface area contributed by atoms with Gasteiger partial charge in [-0.15, -0.1) is 11.3 Å². The van der Waals surface area contributed by atoms with Gasteiger partial charge in [0.25, 0.3) is 0 Å². The van der Waals surface area contributed by atoms with Crippen LogP contribution in [0.2, 0.25) is 10.0 Å². The predicted octanol–water partition coefficient (Wildman–Crippen LogP) is 6.14. The molecule has 3 N–H and O–H groups in total. The number of amidine groups is 1. The first-order valence-corrected chi connectivity index (χ1v) is 9.58. The molecule has 4 nitrogen and oxygen atoms in total. The van der Waals surface area contributed by atoms with Gasteiger partial charge in [-0.05, 0) is 47.4 Å². The average molecular weight is 416 g/mol. The van der Waals surface area contributed by atoms with E-state index in [4.69, 9.17) is 28.6 Å². The molecule has 136 valence electrons. The molecule has 0 aliphatic carbocycles. The van der Waals surface area contributed by atoms with Gasteiger partial charge in [-0.2, -0.15) is 0 Å². The Balaban J connectivity index is 1.69. The van der Waals surface area contributed by atoms with Crippen LogP contribution in [0.4, 0.5) is 11.4 Å². The summed E-state index contributed by atoms with van der Waals surface area (Å²) in [6.45, 7) is 0. The van der Waals surface area contributed by atoms with E-state index in [-0.39, 0.29) is 11.7 Å². The molecular weight excluding hydrogens is 401 g/mol. The zero-order chi connectivity index (χ0) is 19.2. The van der Waals surface area contributed by atoms with Crippen LogP contribution in [-0.4, -0.2) is 11.7 Å². The van der Waals surface area contributed by atoms with Crippen LogP contribution in [0.15, 0.2) is 66.1 Å². The quantitative estimate of drug-likeness (QED) is 0.266. The second-order valence-corrected chi connectivity index (χ2v) is 7.34. The van der Waals surface area contributed by atoms with Crippen LogP contribution in [-0.2, 0) is 4.79 Å². The SMILES string of the molecule is N=C(Nc1cc(Cl)cc(NC(=O)/C=C/c2ccccc2Cl)c1)c1cccs1. The average Bonchev–Trinajstić information content (AvgIpc) is 3.15. The van der Waals surface area contributed by atoms with E-state index in [0.29, 0.717) is 21.4 Å². The molecule has 0 aliphatic rings. The van der Waals surface area contributed by atoms with E-state index in [1.165, 1.54) is 17.4 Å². The summed E-state index contributed by atoms with van der Waals surface area (Å²) >= 11 is 13.7. The molecule has 27 heavy (non-hydrogen) atoms. The number of benzene rings is 2. The topological polar surface area (TPSA) is 65.0 Å². The highest BCUT2D eigenvalue weighted by Crippen LogP contribution is 2.24. The zero-order valence-corrected chi connectivity index (χ0v) is 16.3. The lowest BCUT2D eigenvalue weighted by atomic mass is 10.2. The van der Waals surface area contributed by atoms with Crippen molar-refractivity contribution in [3.8, 4) is 0 Å². The van der Waals surface area contributed by atoms with Crippen LogP contribution in [0.1, 0.15) is 10.4 Å². The first-order valence-electron chi connectivity index (χ1n) is 7.95. The van der Waals surface area contributed by atoms with Gasteiger partial charge in [0.2, 0.25) is 5.91 Å². The highest BCUT2D eigenvalue weighted by molar-refractivity contribution is 7.12. The number of hydrogen-bond donors (Lipinski definition) is 3. The Morgan fingerprint density at radius 3 is 2.44 bits per heavy atom. The standard InChI is InChI=1S/C20H15Cl2N3OS/c21-14-10-15(12-16(11-14)25-20(23)18-6-3-9-27-18)24-19(26)8-7-13-4-1-2-5-17(13)22/h1-12H,(H2,23,25)(H,24,26)/b8-7+. The van der Waals surface area contributed by atoms with Crippen molar-refractivity contribution in [2.45, 2.75) is 0 Å². The maximum atomic E-state index is 12.2. The molecule has 7 heteroatoms. The van der Waals surface area contributed by atoms with Gasteiger partial charge in [-0.25, -0.2) is 0 Å². The second kappa shape index (κ2) is 8.86. The third kappa shape index (κ3) is 5.44. The van der Waals surface area contributed by atoms with Crippen LogP contribution in [0, 0.1) is 5.41 Å². The first-order chi connectivity index (χ1) is 13.0. The Morgan fingerprint density at radius 1 is 1.00 bits per heavy atom. The highest BCUT2D eigenvalue weighted by Gasteiger charge is 2.07. The maximum absolute atomic E-state index is 12.2. The molecular formula is C20H15Cl2N3OS. The fourth-order valence-corrected chi connectivity index (χ4v) is 3.38. The van der Waals surface area contributed by atoms with Crippen molar-refractivity contribution in [2.24, 2.45) is 0 Å². The van der Waals surface area contributed by atoms with E-state index in [2.05, 4.69) is 10.6 Å². The molecule has 1 heterocycles. The lowest BCUT2D eigenvalue weighted by Gasteiger charge is -2.10. The summed E-state index contributed by atoms with van der Waals surface area (Å²) in [5.41, 5.74) is 1.90. The number of hydrogen-bond acceptors (Lipinski definition) is 3. The number of amides is 1. The van der Waals surface area contributed by atoms with Gasteiger partial charge < -0.3 is 10.6 Å². The number of rotatable bonds is 5. The molecule has 0 atom stereocenters. The fraction of sp³-hybridized carbons (Fsp3) is 0. The van der Waals surface area contributed by atoms with E-state index in [1.54, 1.807) is 30.3 Å². The minimum atomic E-state index is -0.309. The van der Waals surface area contributed by atoms with Crippen LogP contribution in [0.25, 0.3) is 6.08 Å². The largest absolute Gasteiger partial charge is 0.339 e. The Labute approximate surface area is 171 Å². The molecule has 0 saturated carbocycles. The molecule has 0 bridgehead atoms. The van der Waals surface area contributed by atoms with Crippen LogP contribution >= 0.6 is 34.5 Å². The predicted molar refractivity (Wildman–Crippen MR) is 115 cm³/mol. The minimum Gasteiger partial charge on any atom is -0.339 e. The summed E-state index contributed by atoms with van der Waals surface area (Å²) < 4.78 is 0. The van der Waals surface area contributed by atoms with E-state index in [0.717, 1.165) is 10.4 Å². The van der Waals surface area contributed by atoms with Crippen LogP contribution < -0.4 is 10.6 Å². The molecule has 0 aliphatic heterocycles. The Kier molecular flexibility index (Phi) is 6.29. The fourth-order valence-electron chi connectivity index (χ4n) is 2.32. The smallest absolute Gasteiger partial charge is 0.248 e. The van der Waals surface area contributed by atoms with Gasteiger partial charge in [0.05, 0.1) is 4.88 Å². The van der Waals surface area contributed by atoms with E-state index >= 15 is 0 Å². The molecule has 0 spiro atoms. The van der Waals surface area contributed by atoms with Gasteiger partial charge in [-0.3, -0.25) is 10.2 Å².